The molecule has 0 bridgehead atoms. The number of rotatable bonds is 4. The van der Waals surface area contributed by atoms with E-state index in [1.165, 1.54) is 0 Å². The molecule has 1 aromatic heterocycles. The Morgan fingerprint density at radius 3 is 2.75 bits per heavy atom. The molecule has 7 heteroatoms. The Labute approximate surface area is 140 Å². The third-order valence-corrected chi connectivity index (χ3v) is 3.11. The lowest BCUT2D eigenvalue weighted by atomic mass is 10.1. The average molecular weight is 328 g/mol. The maximum atomic E-state index is 11.9. The van der Waals surface area contributed by atoms with Crippen molar-refractivity contribution >= 4 is 22.9 Å². The topological polar surface area (TPSA) is 110 Å². The zero-order valence-electron chi connectivity index (χ0n) is 13.8. The van der Waals surface area contributed by atoms with Gasteiger partial charge in [-0.3, -0.25) is 4.79 Å². The number of carbonyl (C=O) groups is 2. The summed E-state index contributed by atoms with van der Waals surface area (Å²) >= 11 is 0. The number of fused-ring (bicyclic) bond motifs is 1. The van der Waals surface area contributed by atoms with Crippen LogP contribution in [0.2, 0.25) is 0 Å². The summed E-state index contributed by atoms with van der Waals surface area (Å²) in [5, 5.41) is 2.57. The highest BCUT2D eigenvalue weighted by Crippen LogP contribution is 2.18. The van der Waals surface area contributed by atoms with Crippen molar-refractivity contribution in [2.45, 2.75) is 32.4 Å². The predicted molar refractivity (Wildman–Crippen MR) is 90.4 cm³/mol. The van der Waals surface area contributed by atoms with Gasteiger partial charge in [-0.1, -0.05) is 5.92 Å². The third kappa shape index (κ3) is 4.12. The predicted octanol–water partition coefficient (Wildman–Crippen LogP) is 1.90. The van der Waals surface area contributed by atoms with Crippen molar-refractivity contribution < 1.29 is 14.3 Å². The van der Waals surface area contributed by atoms with Crippen LogP contribution in [0.25, 0.3) is 11.0 Å². The van der Waals surface area contributed by atoms with Crippen molar-refractivity contribution in [3.63, 3.8) is 0 Å². The van der Waals surface area contributed by atoms with E-state index >= 15 is 0 Å². The van der Waals surface area contributed by atoms with E-state index in [4.69, 9.17) is 16.9 Å². The Hall–Kier alpha value is -2.85. The summed E-state index contributed by atoms with van der Waals surface area (Å²) in [6, 6.07) is 4.22. The van der Waals surface area contributed by atoms with Crippen molar-refractivity contribution in [3.05, 3.63) is 29.6 Å². The van der Waals surface area contributed by atoms with Gasteiger partial charge in [0.05, 0.1) is 17.6 Å². The standard InChI is InChI=1S/C17H20N4O3/c1-5-11(21-16(23)24-17(2,3)4)15-19-12-7-6-10(14(22)9-18)8-13(12)20-15/h1,6-8,11H,9,18H2,2-4H3,(H,19,20)(H,21,23). The van der Waals surface area contributed by atoms with E-state index < -0.39 is 17.7 Å². The molecule has 1 unspecified atom stereocenters. The number of benzene rings is 1. The Morgan fingerprint density at radius 2 is 2.17 bits per heavy atom. The summed E-state index contributed by atoms with van der Waals surface area (Å²) in [6.45, 7) is 5.21. The number of terminal acetylenes is 1. The monoisotopic (exact) mass is 328 g/mol. The molecule has 1 amide bonds. The second-order valence-electron chi connectivity index (χ2n) is 6.23. The largest absolute Gasteiger partial charge is 0.444 e. The molecule has 0 aliphatic rings. The van der Waals surface area contributed by atoms with E-state index in [0.29, 0.717) is 22.4 Å². The number of nitrogens with zero attached hydrogens (tertiary/aromatic N) is 1. The molecule has 4 N–H and O–H groups in total. The second kappa shape index (κ2) is 6.72. The van der Waals surface area contributed by atoms with Gasteiger partial charge < -0.3 is 20.8 Å². The van der Waals surface area contributed by atoms with Gasteiger partial charge in [0, 0.05) is 5.56 Å². The van der Waals surface area contributed by atoms with Crippen LogP contribution in [0.1, 0.15) is 43.0 Å². The van der Waals surface area contributed by atoms with Gasteiger partial charge in [0.25, 0.3) is 0 Å². The zero-order valence-corrected chi connectivity index (χ0v) is 13.8. The Bertz CT molecular complexity index is 811. The van der Waals surface area contributed by atoms with Gasteiger partial charge in [-0.25, -0.2) is 9.78 Å². The summed E-state index contributed by atoms with van der Waals surface area (Å²) in [5.74, 6) is 2.66. The number of ether oxygens (including phenoxy) is 1. The van der Waals surface area contributed by atoms with Crippen molar-refractivity contribution in [1.29, 1.82) is 0 Å². The normalized spacial score (nSPS) is 12.5. The number of H-pyrrole nitrogens is 1. The van der Waals surface area contributed by atoms with Crippen molar-refractivity contribution in [1.82, 2.24) is 15.3 Å². The molecule has 0 aliphatic heterocycles. The minimum Gasteiger partial charge on any atom is -0.444 e. The number of alkyl carbamates (subject to hydrolysis) is 1. The highest BCUT2D eigenvalue weighted by atomic mass is 16.6. The lowest BCUT2D eigenvalue weighted by Crippen LogP contribution is -2.34. The number of nitrogens with one attached hydrogen (secondary N) is 2. The molecular weight excluding hydrogens is 308 g/mol. The molecule has 0 fully saturated rings. The molecule has 7 nitrogen and oxygen atoms in total. The number of ketones is 1. The minimum atomic E-state index is -0.777. The van der Waals surface area contributed by atoms with Crippen LogP contribution in [0.4, 0.5) is 4.79 Å². The minimum absolute atomic E-state index is 0.0698. The molecule has 2 aromatic rings. The highest BCUT2D eigenvalue weighted by molar-refractivity contribution is 6.00. The third-order valence-electron chi connectivity index (χ3n) is 3.11. The average Bonchev–Trinajstić information content (AvgIpc) is 2.92. The molecule has 1 atom stereocenters. The first-order chi connectivity index (χ1) is 11.2. The number of amides is 1. The summed E-state index contributed by atoms with van der Waals surface area (Å²) in [7, 11) is 0. The maximum Gasteiger partial charge on any atom is 0.409 e. The molecule has 2 rings (SSSR count). The van der Waals surface area contributed by atoms with Crippen LogP contribution in [-0.2, 0) is 4.74 Å². The van der Waals surface area contributed by atoms with Crippen LogP contribution < -0.4 is 11.1 Å². The molecule has 0 saturated carbocycles. The number of carbonyl (C=O) groups excluding carboxylic acids is 2. The molecule has 0 saturated heterocycles. The Morgan fingerprint density at radius 1 is 1.46 bits per heavy atom. The van der Waals surface area contributed by atoms with E-state index in [1.54, 1.807) is 39.0 Å². The molecular formula is C17H20N4O3. The van der Waals surface area contributed by atoms with Crippen LogP contribution in [-0.4, -0.2) is 34.0 Å². The first-order valence-corrected chi connectivity index (χ1v) is 7.42. The fourth-order valence-electron chi connectivity index (χ4n) is 2.07. The van der Waals surface area contributed by atoms with Gasteiger partial charge >= 0.3 is 6.09 Å². The van der Waals surface area contributed by atoms with Crippen molar-refractivity contribution in [2.75, 3.05) is 6.54 Å². The second-order valence-corrected chi connectivity index (χ2v) is 6.23. The van der Waals surface area contributed by atoms with Crippen LogP contribution in [0.5, 0.6) is 0 Å². The van der Waals surface area contributed by atoms with Crippen LogP contribution in [0.15, 0.2) is 18.2 Å². The van der Waals surface area contributed by atoms with Gasteiger partial charge in [0.15, 0.2) is 11.8 Å². The number of aromatic amines is 1. The fraction of sp³-hybridized carbons (Fsp3) is 0.353. The number of hydrogen-bond donors (Lipinski definition) is 3. The zero-order chi connectivity index (χ0) is 17.9. The highest BCUT2D eigenvalue weighted by Gasteiger charge is 2.21. The number of Topliss-reactive ketones (excluding diaryl/α,β-unsaturated/α-hetero) is 1. The summed E-state index contributed by atoms with van der Waals surface area (Å²) in [6.07, 6.45) is 4.85. The number of aromatic nitrogens is 2. The number of nitrogens with two attached hydrogens (primary N) is 1. The molecule has 0 radical (unpaired) electrons. The van der Waals surface area contributed by atoms with Crippen LogP contribution in [0.3, 0.4) is 0 Å². The van der Waals surface area contributed by atoms with Gasteiger partial charge in [-0.05, 0) is 39.0 Å². The van der Waals surface area contributed by atoms with Gasteiger partial charge in [0.1, 0.15) is 11.4 Å². The summed E-state index contributed by atoms with van der Waals surface area (Å²) < 4.78 is 5.18. The first-order valence-electron chi connectivity index (χ1n) is 7.42. The van der Waals surface area contributed by atoms with E-state index in [9.17, 15) is 9.59 Å². The van der Waals surface area contributed by atoms with Crippen molar-refractivity contribution in [3.8, 4) is 12.3 Å². The Kier molecular flexibility index (Phi) is 4.90. The number of imidazole rings is 1. The van der Waals surface area contributed by atoms with Crippen LogP contribution in [0, 0.1) is 12.3 Å². The van der Waals surface area contributed by atoms with Crippen LogP contribution >= 0.6 is 0 Å². The van der Waals surface area contributed by atoms with E-state index in [1.807, 2.05) is 0 Å². The molecule has 126 valence electrons. The van der Waals surface area contributed by atoms with Crippen molar-refractivity contribution in [2.24, 2.45) is 5.73 Å². The van der Waals surface area contributed by atoms with Gasteiger partial charge in [-0.2, -0.15) is 0 Å². The SMILES string of the molecule is C#CC(NC(=O)OC(C)(C)C)c1nc2ccc(C(=O)CN)cc2[nH]1. The lowest BCUT2D eigenvalue weighted by molar-refractivity contribution is 0.0514. The van der Waals surface area contributed by atoms with Gasteiger partial charge in [-0.15, -0.1) is 6.42 Å². The molecule has 1 heterocycles. The van der Waals surface area contributed by atoms with E-state index in [2.05, 4.69) is 21.2 Å². The maximum absolute atomic E-state index is 11.9. The fourth-order valence-corrected chi connectivity index (χ4v) is 2.07. The molecule has 0 aliphatic carbocycles. The van der Waals surface area contributed by atoms with E-state index in [0.717, 1.165) is 0 Å². The first kappa shape index (κ1) is 17.5. The lowest BCUT2D eigenvalue weighted by Gasteiger charge is -2.21. The molecule has 1 aromatic carbocycles. The number of hydrogen-bond acceptors (Lipinski definition) is 5. The summed E-state index contributed by atoms with van der Waals surface area (Å²) in [4.78, 5) is 30.9. The smallest absolute Gasteiger partial charge is 0.409 e. The van der Waals surface area contributed by atoms with E-state index in [-0.39, 0.29) is 12.3 Å². The van der Waals surface area contributed by atoms with Gasteiger partial charge in [0.2, 0.25) is 0 Å². The quantitative estimate of drug-likeness (QED) is 0.586. The molecule has 24 heavy (non-hydrogen) atoms. The Balaban J connectivity index is 2.24. The molecule has 0 spiro atoms. The summed E-state index contributed by atoms with van der Waals surface area (Å²) in [5.41, 5.74) is 6.48.